The molecule has 0 aromatic heterocycles. The molecule has 0 amide bonds. The highest BCUT2D eigenvalue weighted by molar-refractivity contribution is 4.86. The average Bonchev–Trinajstić information content (AvgIpc) is 2.46. The van der Waals surface area contributed by atoms with Crippen LogP contribution in [0.15, 0.2) is 0 Å². The molecule has 0 bridgehead atoms. The van der Waals surface area contributed by atoms with E-state index in [9.17, 15) is 0 Å². The van der Waals surface area contributed by atoms with Crippen LogP contribution in [0.1, 0.15) is 34.1 Å². The van der Waals surface area contributed by atoms with Crippen molar-refractivity contribution in [2.45, 2.75) is 46.2 Å². The van der Waals surface area contributed by atoms with E-state index in [1.165, 1.54) is 26.1 Å². The van der Waals surface area contributed by atoms with Crippen molar-refractivity contribution in [3.63, 3.8) is 0 Å². The van der Waals surface area contributed by atoms with Crippen LogP contribution in [0, 0.1) is 5.41 Å². The van der Waals surface area contributed by atoms with Gasteiger partial charge in [0.1, 0.15) is 0 Å². The van der Waals surface area contributed by atoms with Gasteiger partial charge in [-0.3, -0.25) is 0 Å². The molecule has 3 nitrogen and oxygen atoms in total. The molecule has 1 saturated heterocycles. The molecule has 0 radical (unpaired) electrons. The molecule has 3 heteroatoms. The predicted octanol–water partition coefficient (Wildman–Crippen LogP) is 1.65. The van der Waals surface area contributed by atoms with Crippen molar-refractivity contribution >= 4 is 0 Å². The van der Waals surface area contributed by atoms with Crippen LogP contribution in [0.4, 0.5) is 0 Å². The van der Waals surface area contributed by atoms with Crippen molar-refractivity contribution in [3.8, 4) is 0 Å². The van der Waals surface area contributed by atoms with Gasteiger partial charge in [0.25, 0.3) is 0 Å². The zero-order chi connectivity index (χ0) is 13.1. The zero-order valence-electron chi connectivity index (χ0n) is 12.6. The van der Waals surface area contributed by atoms with Gasteiger partial charge < -0.3 is 15.1 Å². The summed E-state index contributed by atoms with van der Waals surface area (Å²) in [5, 5.41) is 3.65. The minimum absolute atomic E-state index is 0.385. The van der Waals surface area contributed by atoms with Crippen LogP contribution in [-0.2, 0) is 0 Å². The van der Waals surface area contributed by atoms with Gasteiger partial charge in [-0.05, 0) is 32.5 Å². The lowest BCUT2D eigenvalue weighted by Crippen LogP contribution is -2.41. The van der Waals surface area contributed by atoms with Crippen molar-refractivity contribution in [1.82, 2.24) is 15.1 Å². The summed E-state index contributed by atoms with van der Waals surface area (Å²) < 4.78 is 0. The van der Waals surface area contributed by atoms with E-state index in [0.717, 1.165) is 6.54 Å². The van der Waals surface area contributed by atoms with Crippen LogP contribution in [-0.4, -0.2) is 62.2 Å². The Kier molecular flexibility index (Phi) is 5.42. The summed E-state index contributed by atoms with van der Waals surface area (Å²) in [5.74, 6) is 0. The third kappa shape index (κ3) is 5.84. The molecule has 102 valence electrons. The van der Waals surface area contributed by atoms with E-state index < -0.39 is 0 Å². The summed E-state index contributed by atoms with van der Waals surface area (Å²) in [5.41, 5.74) is 0.385. The molecule has 17 heavy (non-hydrogen) atoms. The molecule has 0 aromatic carbocycles. The average molecular weight is 241 g/mol. The van der Waals surface area contributed by atoms with Crippen LogP contribution in [0.3, 0.4) is 0 Å². The van der Waals surface area contributed by atoms with Crippen molar-refractivity contribution in [2.24, 2.45) is 5.41 Å². The Morgan fingerprint density at radius 1 is 1.35 bits per heavy atom. The summed E-state index contributed by atoms with van der Waals surface area (Å²) in [6.45, 7) is 14.0. The van der Waals surface area contributed by atoms with E-state index in [-0.39, 0.29) is 0 Å². The van der Waals surface area contributed by atoms with Crippen LogP contribution < -0.4 is 5.32 Å². The monoisotopic (exact) mass is 241 g/mol. The molecule has 0 saturated carbocycles. The van der Waals surface area contributed by atoms with Crippen molar-refractivity contribution in [2.75, 3.05) is 40.3 Å². The third-order valence-electron chi connectivity index (χ3n) is 3.24. The second-order valence-electron chi connectivity index (χ2n) is 6.94. The van der Waals surface area contributed by atoms with Gasteiger partial charge in [0, 0.05) is 31.7 Å². The van der Waals surface area contributed by atoms with Gasteiger partial charge in [-0.15, -0.1) is 0 Å². The molecular weight excluding hydrogens is 210 g/mol. The molecule has 0 aromatic rings. The SMILES string of the molecule is CC(C)NC1CCN(CC(C)(C)CN(C)C)C1. The minimum atomic E-state index is 0.385. The van der Waals surface area contributed by atoms with Crippen molar-refractivity contribution < 1.29 is 0 Å². The Hall–Kier alpha value is -0.120. The number of rotatable bonds is 6. The molecule has 1 heterocycles. The largest absolute Gasteiger partial charge is 0.310 e. The second kappa shape index (κ2) is 6.17. The number of nitrogens with one attached hydrogen (secondary N) is 1. The van der Waals surface area contributed by atoms with Gasteiger partial charge in [-0.1, -0.05) is 27.7 Å². The predicted molar refractivity (Wildman–Crippen MR) is 75.5 cm³/mol. The molecular formula is C14H31N3. The summed E-state index contributed by atoms with van der Waals surface area (Å²) in [7, 11) is 4.32. The van der Waals surface area contributed by atoms with E-state index in [1.54, 1.807) is 0 Å². The lowest BCUT2D eigenvalue weighted by atomic mass is 9.92. The van der Waals surface area contributed by atoms with Gasteiger partial charge >= 0.3 is 0 Å². The van der Waals surface area contributed by atoms with Crippen LogP contribution in [0.25, 0.3) is 0 Å². The van der Waals surface area contributed by atoms with E-state index in [2.05, 4.69) is 56.9 Å². The topological polar surface area (TPSA) is 18.5 Å². The van der Waals surface area contributed by atoms with Crippen LogP contribution in [0.5, 0.6) is 0 Å². The molecule has 1 aliphatic heterocycles. The Morgan fingerprint density at radius 2 is 2.00 bits per heavy atom. The minimum Gasteiger partial charge on any atom is -0.310 e. The first kappa shape index (κ1) is 14.9. The highest BCUT2D eigenvalue weighted by Crippen LogP contribution is 2.21. The molecule has 0 aliphatic carbocycles. The van der Waals surface area contributed by atoms with Crippen LogP contribution in [0.2, 0.25) is 0 Å². The van der Waals surface area contributed by atoms with E-state index >= 15 is 0 Å². The quantitative estimate of drug-likeness (QED) is 0.763. The Labute approximate surface area is 108 Å². The highest BCUT2D eigenvalue weighted by atomic mass is 15.2. The fraction of sp³-hybridized carbons (Fsp3) is 1.00. The Morgan fingerprint density at radius 3 is 2.53 bits per heavy atom. The molecule has 1 N–H and O–H groups in total. The summed E-state index contributed by atoms with van der Waals surface area (Å²) in [6, 6.07) is 1.31. The molecule has 1 aliphatic rings. The molecule has 1 unspecified atom stereocenters. The second-order valence-corrected chi connectivity index (χ2v) is 6.94. The number of hydrogen-bond acceptors (Lipinski definition) is 3. The van der Waals surface area contributed by atoms with Crippen molar-refractivity contribution in [3.05, 3.63) is 0 Å². The molecule has 0 spiro atoms. The van der Waals surface area contributed by atoms with E-state index in [0.29, 0.717) is 17.5 Å². The standard InChI is InChI=1S/C14H31N3/c1-12(2)15-13-7-8-17(9-13)11-14(3,4)10-16(5)6/h12-13,15H,7-11H2,1-6H3. The third-order valence-corrected chi connectivity index (χ3v) is 3.24. The van der Waals surface area contributed by atoms with E-state index in [1.807, 2.05) is 0 Å². The highest BCUT2D eigenvalue weighted by Gasteiger charge is 2.28. The first-order valence-electron chi connectivity index (χ1n) is 6.91. The lowest BCUT2D eigenvalue weighted by Gasteiger charge is -2.32. The first-order chi connectivity index (χ1) is 7.78. The maximum Gasteiger partial charge on any atom is 0.0209 e. The normalized spacial score (nSPS) is 22.9. The number of likely N-dealkylation sites (tertiary alicyclic amines) is 1. The van der Waals surface area contributed by atoms with Gasteiger partial charge in [-0.2, -0.15) is 0 Å². The van der Waals surface area contributed by atoms with Crippen LogP contribution >= 0.6 is 0 Å². The fourth-order valence-electron chi connectivity index (χ4n) is 3.10. The van der Waals surface area contributed by atoms with E-state index in [4.69, 9.17) is 0 Å². The van der Waals surface area contributed by atoms with Gasteiger partial charge in [0.2, 0.25) is 0 Å². The summed E-state index contributed by atoms with van der Waals surface area (Å²) in [6.07, 6.45) is 1.30. The van der Waals surface area contributed by atoms with Gasteiger partial charge in [-0.25, -0.2) is 0 Å². The van der Waals surface area contributed by atoms with Gasteiger partial charge in [0.05, 0.1) is 0 Å². The summed E-state index contributed by atoms with van der Waals surface area (Å²) in [4.78, 5) is 4.91. The summed E-state index contributed by atoms with van der Waals surface area (Å²) >= 11 is 0. The molecule has 1 fully saturated rings. The number of hydrogen-bond donors (Lipinski definition) is 1. The maximum atomic E-state index is 3.65. The first-order valence-corrected chi connectivity index (χ1v) is 6.91. The lowest BCUT2D eigenvalue weighted by molar-refractivity contribution is 0.161. The van der Waals surface area contributed by atoms with Gasteiger partial charge in [0.15, 0.2) is 0 Å². The molecule has 1 rings (SSSR count). The van der Waals surface area contributed by atoms with Crippen molar-refractivity contribution in [1.29, 1.82) is 0 Å². The number of nitrogens with zero attached hydrogens (tertiary/aromatic N) is 2. The Balaban J connectivity index is 2.34. The Bertz CT molecular complexity index is 224. The molecule has 1 atom stereocenters. The zero-order valence-corrected chi connectivity index (χ0v) is 12.6. The maximum absolute atomic E-state index is 3.65. The smallest absolute Gasteiger partial charge is 0.0209 e. The fourth-order valence-corrected chi connectivity index (χ4v) is 3.10.